The fourth-order valence-electron chi connectivity index (χ4n) is 1.64. The molecule has 0 fully saturated rings. The molecule has 1 aromatic carbocycles. The molecule has 19 heavy (non-hydrogen) atoms. The number of hydrogen-bond acceptors (Lipinski definition) is 3. The molecule has 1 amide bonds. The van der Waals surface area contributed by atoms with Crippen LogP contribution in [0.15, 0.2) is 24.3 Å². The average molecular weight is 265 g/mol. The summed E-state index contributed by atoms with van der Waals surface area (Å²) in [5.74, 6) is 0.595. The predicted molar refractivity (Wildman–Crippen MR) is 75.2 cm³/mol. The smallest absolute Gasteiger partial charge is 0.260 e. The third-order valence-corrected chi connectivity index (χ3v) is 2.84. The highest BCUT2D eigenvalue weighted by atomic mass is 16.5. The number of ether oxygens (including phenoxy) is 1. The highest BCUT2D eigenvalue weighted by Crippen LogP contribution is 2.13. The summed E-state index contributed by atoms with van der Waals surface area (Å²) in [6, 6.07) is 7.63. The molecule has 1 aromatic rings. The summed E-state index contributed by atoms with van der Waals surface area (Å²) in [5.41, 5.74) is 1.16. The SMILES string of the molecule is Cc1ccc(OC(C)C(=O)NCCCCCO)cc1. The van der Waals surface area contributed by atoms with E-state index < -0.39 is 6.10 Å². The van der Waals surface area contributed by atoms with Crippen LogP contribution in [0.25, 0.3) is 0 Å². The summed E-state index contributed by atoms with van der Waals surface area (Å²) in [4.78, 5) is 11.8. The van der Waals surface area contributed by atoms with E-state index >= 15 is 0 Å². The van der Waals surface area contributed by atoms with Crippen LogP contribution in [0.4, 0.5) is 0 Å². The van der Waals surface area contributed by atoms with Crippen LogP contribution in [0.3, 0.4) is 0 Å². The Morgan fingerprint density at radius 1 is 1.26 bits per heavy atom. The molecule has 0 saturated heterocycles. The molecule has 0 heterocycles. The zero-order chi connectivity index (χ0) is 14.1. The number of amides is 1. The lowest BCUT2D eigenvalue weighted by Gasteiger charge is -2.14. The topological polar surface area (TPSA) is 58.6 Å². The summed E-state index contributed by atoms with van der Waals surface area (Å²) < 4.78 is 5.56. The first-order valence-electron chi connectivity index (χ1n) is 6.75. The van der Waals surface area contributed by atoms with Crippen molar-refractivity contribution in [2.75, 3.05) is 13.2 Å². The summed E-state index contributed by atoms with van der Waals surface area (Å²) in [6.07, 6.45) is 2.08. The van der Waals surface area contributed by atoms with Gasteiger partial charge >= 0.3 is 0 Å². The maximum atomic E-state index is 11.8. The highest BCUT2D eigenvalue weighted by molar-refractivity contribution is 5.80. The maximum Gasteiger partial charge on any atom is 0.260 e. The third kappa shape index (κ3) is 6.25. The molecule has 2 N–H and O–H groups in total. The second kappa shape index (κ2) is 8.53. The first kappa shape index (κ1) is 15.5. The highest BCUT2D eigenvalue weighted by Gasteiger charge is 2.13. The Kier molecular flexibility index (Phi) is 6.97. The molecule has 1 atom stereocenters. The molecule has 1 rings (SSSR count). The Morgan fingerprint density at radius 2 is 1.95 bits per heavy atom. The fraction of sp³-hybridized carbons (Fsp3) is 0.533. The number of aliphatic hydroxyl groups is 1. The van der Waals surface area contributed by atoms with Gasteiger partial charge in [-0.15, -0.1) is 0 Å². The quantitative estimate of drug-likeness (QED) is 0.707. The minimum absolute atomic E-state index is 0.107. The van der Waals surface area contributed by atoms with Crippen molar-refractivity contribution >= 4 is 5.91 Å². The van der Waals surface area contributed by atoms with Crippen LogP contribution >= 0.6 is 0 Å². The van der Waals surface area contributed by atoms with Crippen LogP contribution in [0, 0.1) is 6.92 Å². The van der Waals surface area contributed by atoms with Gasteiger partial charge in [0.2, 0.25) is 0 Å². The molecule has 0 aliphatic carbocycles. The molecule has 0 radical (unpaired) electrons. The van der Waals surface area contributed by atoms with Crippen molar-refractivity contribution in [3.63, 3.8) is 0 Å². The Hall–Kier alpha value is -1.55. The van der Waals surface area contributed by atoms with Gasteiger partial charge in [0.1, 0.15) is 5.75 Å². The van der Waals surface area contributed by atoms with E-state index in [4.69, 9.17) is 9.84 Å². The lowest BCUT2D eigenvalue weighted by atomic mass is 10.2. The third-order valence-electron chi connectivity index (χ3n) is 2.84. The normalized spacial score (nSPS) is 11.9. The van der Waals surface area contributed by atoms with Gasteiger partial charge in [-0.2, -0.15) is 0 Å². The van der Waals surface area contributed by atoms with Crippen molar-refractivity contribution in [3.05, 3.63) is 29.8 Å². The van der Waals surface area contributed by atoms with Crippen LogP contribution in [0.2, 0.25) is 0 Å². The standard InChI is InChI=1S/C15H23NO3/c1-12-6-8-14(9-7-12)19-13(2)15(18)16-10-4-3-5-11-17/h6-9,13,17H,3-5,10-11H2,1-2H3,(H,16,18). The molecule has 4 heteroatoms. The number of nitrogens with one attached hydrogen (secondary N) is 1. The van der Waals surface area contributed by atoms with Gasteiger partial charge in [-0.1, -0.05) is 17.7 Å². The largest absolute Gasteiger partial charge is 0.481 e. The van der Waals surface area contributed by atoms with E-state index in [2.05, 4.69) is 5.32 Å². The Bertz CT molecular complexity index is 375. The molecule has 0 spiro atoms. The number of aryl methyl sites for hydroxylation is 1. The van der Waals surface area contributed by atoms with Gasteiger partial charge in [0.15, 0.2) is 6.10 Å². The van der Waals surface area contributed by atoms with Gasteiger partial charge in [-0.25, -0.2) is 0 Å². The second-order valence-corrected chi connectivity index (χ2v) is 4.65. The van der Waals surface area contributed by atoms with E-state index in [0.717, 1.165) is 24.8 Å². The van der Waals surface area contributed by atoms with Crippen molar-refractivity contribution in [2.24, 2.45) is 0 Å². The van der Waals surface area contributed by atoms with Crippen LogP contribution in [0.1, 0.15) is 31.7 Å². The molecule has 1 unspecified atom stereocenters. The zero-order valence-electron chi connectivity index (χ0n) is 11.7. The number of unbranched alkanes of at least 4 members (excludes halogenated alkanes) is 2. The number of hydrogen-bond donors (Lipinski definition) is 2. The first-order chi connectivity index (χ1) is 9.13. The van der Waals surface area contributed by atoms with Crippen LogP contribution < -0.4 is 10.1 Å². The van der Waals surface area contributed by atoms with Crippen LogP contribution in [-0.2, 0) is 4.79 Å². The van der Waals surface area contributed by atoms with Crippen molar-refractivity contribution in [2.45, 2.75) is 39.2 Å². The summed E-state index contributed by atoms with van der Waals surface area (Å²) in [6.45, 7) is 4.58. The van der Waals surface area contributed by atoms with Gasteiger partial charge in [-0.3, -0.25) is 4.79 Å². The van der Waals surface area contributed by atoms with Crippen LogP contribution in [-0.4, -0.2) is 30.3 Å². The van der Waals surface area contributed by atoms with E-state index in [9.17, 15) is 4.79 Å². The minimum atomic E-state index is -0.499. The first-order valence-corrected chi connectivity index (χ1v) is 6.75. The van der Waals surface area contributed by atoms with Crippen molar-refractivity contribution in [3.8, 4) is 5.75 Å². The molecule has 0 aliphatic rings. The molecule has 4 nitrogen and oxygen atoms in total. The number of aliphatic hydroxyl groups excluding tert-OH is 1. The molecule has 0 aromatic heterocycles. The zero-order valence-corrected chi connectivity index (χ0v) is 11.7. The number of carbonyl (C=O) groups excluding carboxylic acids is 1. The maximum absolute atomic E-state index is 11.8. The van der Waals surface area contributed by atoms with Gasteiger partial charge in [0.05, 0.1) is 0 Å². The van der Waals surface area contributed by atoms with Gasteiger partial charge in [0.25, 0.3) is 5.91 Å². The Balaban J connectivity index is 2.26. The van der Waals surface area contributed by atoms with Crippen molar-refractivity contribution in [1.29, 1.82) is 0 Å². The van der Waals surface area contributed by atoms with E-state index in [1.807, 2.05) is 31.2 Å². The summed E-state index contributed by atoms with van der Waals surface area (Å²) >= 11 is 0. The minimum Gasteiger partial charge on any atom is -0.481 e. The second-order valence-electron chi connectivity index (χ2n) is 4.65. The predicted octanol–water partition coefficient (Wildman–Crippen LogP) is 2.04. The molecular formula is C15H23NO3. The Labute approximate surface area is 114 Å². The molecule has 0 bridgehead atoms. The molecule has 106 valence electrons. The van der Waals surface area contributed by atoms with Gasteiger partial charge in [0, 0.05) is 13.2 Å². The van der Waals surface area contributed by atoms with Crippen molar-refractivity contribution in [1.82, 2.24) is 5.32 Å². The van der Waals surface area contributed by atoms with E-state index in [-0.39, 0.29) is 12.5 Å². The lowest BCUT2D eigenvalue weighted by molar-refractivity contribution is -0.127. The van der Waals surface area contributed by atoms with E-state index in [1.165, 1.54) is 0 Å². The lowest BCUT2D eigenvalue weighted by Crippen LogP contribution is -2.36. The average Bonchev–Trinajstić information content (AvgIpc) is 2.41. The van der Waals surface area contributed by atoms with Crippen LogP contribution in [0.5, 0.6) is 5.75 Å². The molecular weight excluding hydrogens is 242 g/mol. The fourth-order valence-corrected chi connectivity index (χ4v) is 1.64. The number of rotatable bonds is 8. The van der Waals surface area contributed by atoms with Gasteiger partial charge in [-0.05, 0) is 45.2 Å². The molecule has 0 saturated carbocycles. The Morgan fingerprint density at radius 3 is 2.58 bits per heavy atom. The number of benzene rings is 1. The van der Waals surface area contributed by atoms with E-state index in [0.29, 0.717) is 12.3 Å². The molecule has 0 aliphatic heterocycles. The van der Waals surface area contributed by atoms with E-state index in [1.54, 1.807) is 6.92 Å². The van der Waals surface area contributed by atoms with Gasteiger partial charge < -0.3 is 15.2 Å². The summed E-state index contributed by atoms with van der Waals surface area (Å²) in [5, 5.41) is 11.5. The number of carbonyl (C=O) groups is 1. The monoisotopic (exact) mass is 265 g/mol. The van der Waals surface area contributed by atoms with Crippen molar-refractivity contribution < 1.29 is 14.6 Å². The summed E-state index contributed by atoms with van der Waals surface area (Å²) in [7, 11) is 0.